The maximum Gasteiger partial charge on any atom is 0.186 e. The predicted octanol–water partition coefficient (Wildman–Crippen LogP) is 4.47. The Hall–Kier alpha value is -2.12. The van der Waals surface area contributed by atoms with E-state index in [1.807, 2.05) is 6.92 Å². The molecular weight excluding hydrogens is 330 g/mol. The maximum absolute atomic E-state index is 14.0. The zero-order valence-electron chi connectivity index (χ0n) is 11.1. The van der Waals surface area contributed by atoms with Gasteiger partial charge in [0.1, 0.15) is 15.9 Å². The number of aromatic nitrogens is 4. The van der Waals surface area contributed by atoms with Gasteiger partial charge < -0.3 is 0 Å². The van der Waals surface area contributed by atoms with Crippen molar-refractivity contribution in [3.63, 3.8) is 0 Å². The Morgan fingerprint density at radius 1 is 1.18 bits per heavy atom. The van der Waals surface area contributed by atoms with E-state index in [-0.39, 0.29) is 10.5 Å². The third kappa shape index (κ3) is 1.82. The van der Waals surface area contributed by atoms with Gasteiger partial charge in [-0.15, -0.1) is 0 Å². The zero-order chi connectivity index (χ0) is 15.4. The molecule has 22 heavy (non-hydrogen) atoms. The Bertz CT molecular complexity index is 1040. The Balaban J connectivity index is 2.09. The number of hydrogen-bond acceptors (Lipinski definition) is 4. The van der Waals surface area contributed by atoms with E-state index in [0.717, 1.165) is 10.5 Å². The van der Waals surface area contributed by atoms with E-state index in [1.165, 1.54) is 17.5 Å². The number of hydrogen-bond donors (Lipinski definition) is 1. The maximum atomic E-state index is 14.0. The highest BCUT2D eigenvalue weighted by Crippen LogP contribution is 2.38. The van der Waals surface area contributed by atoms with Crippen molar-refractivity contribution in [3.8, 4) is 11.3 Å². The van der Waals surface area contributed by atoms with Crippen molar-refractivity contribution < 1.29 is 8.78 Å². The molecule has 0 amide bonds. The van der Waals surface area contributed by atoms with Crippen LogP contribution >= 0.6 is 22.9 Å². The largest absolute Gasteiger partial charge is 0.275 e. The Kier molecular flexibility index (Phi) is 2.88. The minimum absolute atomic E-state index is 0.0284. The molecule has 0 saturated heterocycles. The van der Waals surface area contributed by atoms with E-state index in [1.54, 1.807) is 12.1 Å². The number of nitrogens with one attached hydrogen (secondary N) is 1. The molecule has 1 aromatic carbocycles. The lowest BCUT2D eigenvalue weighted by Crippen LogP contribution is -1.94. The van der Waals surface area contributed by atoms with Crippen LogP contribution in [0.4, 0.5) is 8.78 Å². The van der Waals surface area contributed by atoms with Gasteiger partial charge in [-0.25, -0.2) is 18.7 Å². The Morgan fingerprint density at radius 3 is 2.82 bits per heavy atom. The van der Waals surface area contributed by atoms with Crippen LogP contribution < -0.4 is 0 Å². The molecule has 110 valence electrons. The van der Waals surface area contributed by atoms with Crippen LogP contribution in [0.15, 0.2) is 18.3 Å². The molecule has 3 heterocycles. The molecule has 0 aliphatic rings. The summed E-state index contributed by atoms with van der Waals surface area (Å²) in [5.74, 6) is -2.16. The highest BCUT2D eigenvalue weighted by Gasteiger charge is 2.22. The van der Waals surface area contributed by atoms with Gasteiger partial charge in [-0.1, -0.05) is 22.9 Å². The van der Waals surface area contributed by atoms with Gasteiger partial charge in [0.2, 0.25) is 0 Å². The van der Waals surface area contributed by atoms with Gasteiger partial charge in [0.05, 0.1) is 21.9 Å². The summed E-state index contributed by atoms with van der Waals surface area (Å²) in [6.07, 6.45) is 1.41. The number of pyridine rings is 1. The summed E-state index contributed by atoms with van der Waals surface area (Å²) in [6.45, 7) is 1.88. The molecule has 3 aromatic heterocycles. The average Bonchev–Trinajstić information content (AvgIpc) is 3.10. The van der Waals surface area contributed by atoms with Crippen LogP contribution in [0.2, 0.25) is 5.02 Å². The fraction of sp³-hybridized carbons (Fsp3) is 0.0714. The standard InChI is InChI=1S/C14H7ClF2N4S/c1-5-19-8-3-2-7(20-14(8)22-5)9-6-4-18-21-13(6)12(17)11(16)10(9)15/h2-4H,1H3,(H,18,21). The summed E-state index contributed by atoms with van der Waals surface area (Å²) in [5.41, 5.74) is 1.50. The van der Waals surface area contributed by atoms with E-state index < -0.39 is 11.6 Å². The van der Waals surface area contributed by atoms with Gasteiger partial charge in [-0.3, -0.25) is 5.10 Å². The second kappa shape index (κ2) is 4.69. The fourth-order valence-electron chi connectivity index (χ4n) is 2.39. The minimum Gasteiger partial charge on any atom is -0.275 e. The first kappa shape index (κ1) is 13.5. The van der Waals surface area contributed by atoms with Gasteiger partial charge in [0.25, 0.3) is 0 Å². The summed E-state index contributed by atoms with van der Waals surface area (Å²) in [5, 5.41) is 7.17. The van der Waals surface area contributed by atoms with Crippen molar-refractivity contribution in [2.45, 2.75) is 6.92 Å². The Labute approximate surface area is 131 Å². The number of H-pyrrole nitrogens is 1. The minimum atomic E-state index is -1.12. The predicted molar refractivity (Wildman–Crippen MR) is 82.2 cm³/mol. The monoisotopic (exact) mass is 336 g/mol. The molecular formula is C14H7ClF2N4S. The topological polar surface area (TPSA) is 54.5 Å². The number of nitrogens with zero attached hydrogens (tertiary/aromatic N) is 3. The van der Waals surface area contributed by atoms with Crippen LogP contribution in [0.3, 0.4) is 0 Å². The molecule has 1 N–H and O–H groups in total. The molecule has 8 heteroatoms. The van der Waals surface area contributed by atoms with Crippen LogP contribution in [0.5, 0.6) is 0 Å². The van der Waals surface area contributed by atoms with Crippen molar-refractivity contribution in [3.05, 3.63) is 40.0 Å². The Morgan fingerprint density at radius 2 is 2.00 bits per heavy atom. The number of thiazole rings is 1. The second-order valence-corrected chi connectivity index (χ2v) is 6.29. The lowest BCUT2D eigenvalue weighted by Gasteiger charge is -2.07. The smallest absolute Gasteiger partial charge is 0.186 e. The van der Waals surface area contributed by atoms with Gasteiger partial charge >= 0.3 is 0 Å². The molecule has 0 unspecified atom stereocenters. The molecule has 4 aromatic rings. The molecule has 0 atom stereocenters. The summed E-state index contributed by atoms with van der Waals surface area (Å²) < 4.78 is 27.9. The molecule has 0 radical (unpaired) electrons. The number of rotatable bonds is 1. The SMILES string of the molecule is Cc1nc2ccc(-c3c(Cl)c(F)c(F)c4[nH]ncc34)nc2s1. The summed E-state index contributed by atoms with van der Waals surface area (Å²) in [7, 11) is 0. The van der Waals surface area contributed by atoms with E-state index in [4.69, 9.17) is 11.6 Å². The summed E-state index contributed by atoms with van der Waals surface area (Å²) in [6, 6.07) is 3.47. The van der Waals surface area contributed by atoms with Crippen LogP contribution in [0, 0.1) is 18.6 Å². The molecule has 0 bridgehead atoms. The lowest BCUT2D eigenvalue weighted by atomic mass is 10.1. The highest BCUT2D eigenvalue weighted by atomic mass is 35.5. The molecule has 4 nitrogen and oxygen atoms in total. The number of aryl methyl sites for hydroxylation is 1. The van der Waals surface area contributed by atoms with Crippen LogP contribution in [-0.4, -0.2) is 20.2 Å². The zero-order valence-corrected chi connectivity index (χ0v) is 12.7. The first-order valence-electron chi connectivity index (χ1n) is 6.30. The van der Waals surface area contributed by atoms with Crippen molar-refractivity contribution in [1.82, 2.24) is 20.2 Å². The van der Waals surface area contributed by atoms with Crippen LogP contribution in [0.1, 0.15) is 5.01 Å². The fourth-order valence-corrected chi connectivity index (χ4v) is 3.46. The lowest BCUT2D eigenvalue weighted by molar-refractivity contribution is 0.516. The molecule has 4 rings (SSSR count). The quantitative estimate of drug-likeness (QED) is 0.522. The molecule has 0 spiro atoms. The number of halogens is 3. The summed E-state index contributed by atoms with van der Waals surface area (Å²) in [4.78, 5) is 9.51. The van der Waals surface area contributed by atoms with Crippen LogP contribution in [0.25, 0.3) is 32.5 Å². The van der Waals surface area contributed by atoms with E-state index in [9.17, 15) is 8.78 Å². The highest BCUT2D eigenvalue weighted by molar-refractivity contribution is 7.18. The third-order valence-electron chi connectivity index (χ3n) is 3.35. The molecule has 0 saturated carbocycles. The molecule has 0 aliphatic heterocycles. The number of aromatic amines is 1. The van der Waals surface area contributed by atoms with E-state index in [2.05, 4.69) is 20.2 Å². The van der Waals surface area contributed by atoms with E-state index in [0.29, 0.717) is 21.5 Å². The normalized spacial score (nSPS) is 11.6. The first-order valence-corrected chi connectivity index (χ1v) is 7.50. The van der Waals surface area contributed by atoms with Crippen molar-refractivity contribution >= 4 is 44.2 Å². The average molecular weight is 337 g/mol. The van der Waals surface area contributed by atoms with Crippen molar-refractivity contribution in [2.24, 2.45) is 0 Å². The summed E-state index contributed by atoms with van der Waals surface area (Å²) >= 11 is 7.44. The van der Waals surface area contributed by atoms with E-state index >= 15 is 0 Å². The number of fused-ring (bicyclic) bond motifs is 2. The van der Waals surface area contributed by atoms with Crippen LogP contribution in [-0.2, 0) is 0 Å². The van der Waals surface area contributed by atoms with Crippen molar-refractivity contribution in [2.75, 3.05) is 0 Å². The van der Waals surface area contributed by atoms with Gasteiger partial charge in [-0.05, 0) is 19.1 Å². The van der Waals surface area contributed by atoms with Gasteiger partial charge in [-0.2, -0.15) is 5.10 Å². The number of benzene rings is 1. The first-order chi connectivity index (χ1) is 10.6. The van der Waals surface area contributed by atoms with Gasteiger partial charge in [0, 0.05) is 10.9 Å². The van der Waals surface area contributed by atoms with Gasteiger partial charge in [0.15, 0.2) is 11.6 Å². The molecule has 0 aliphatic carbocycles. The molecule has 0 fully saturated rings. The third-order valence-corrected chi connectivity index (χ3v) is 4.59. The second-order valence-electron chi connectivity index (χ2n) is 4.73. The van der Waals surface area contributed by atoms with Crippen molar-refractivity contribution in [1.29, 1.82) is 0 Å².